The predicted octanol–water partition coefficient (Wildman–Crippen LogP) is 1.39. The van der Waals surface area contributed by atoms with Crippen molar-refractivity contribution in [1.29, 1.82) is 0 Å². The number of aryl methyl sites for hydroxylation is 1. The zero-order valence-corrected chi connectivity index (χ0v) is 12.0. The van der Waals surface area contributed by atoms with Gasteiger partial charge in [0.15, 0.2) is 11.6 Å². The van der Waals surface area contributed by atoms with Crippen LogP contribution in [-0.4, -0.2) is 32.2 Å². The molecule has 0 radical (unpaired) electrons. The van der Waals surface area contributed by atoms with Crippen LogP contribution in [0.3, 0.4) is 0 Å². The predicted molar refractivity (Wildman–Crippen MR) is 73.9 cm³/mol. The molecule has 1 aliphatic rings. The number of carbonyl (C=O) groups excluding carboxylic acids is 1. The maximum absolute atomic E-state index is 13.3. The van der Waals surface area contributed by atoms with Crippen LogP contribution in [0.15, 0.2) is 18.2 Å². The molecule has 0 unspecified atom stereocenters. The molecule has 0 atom stereocenters. The summed E-state index contributed by atoms with van der Waals surface area (Å²) in [6.45, 7) is 0.572. The smallest absolute Gasteiger partial charge is 0.254 e. The van der Waals surface area contributed by atoms with Gasteiger partial charge in [0.05, 0.1) is 12.3 Å². The Balaban J connectivity index is 1.87. The van der Waals surface area contributed by atoms with E-state index in [4.69, 9.17) is 0 Å². The Morgan fingerprint density at radius 2 is 2.14 bits per heavy atom. The van der Waals surface area contributed by atoms with Gasteiger partial charge < -0.3 is 10.0 Å². The SMILES string of the molecule is Cn1nc(CO)c2c1CCN(C(=O)c1ccc(F)c(F)c1)C2. The summed E-state index contributed by atoms with van der Waals surface area (Å²) >= 11 is 0. The Labute approximate surface area is 125 Å². The van der Waals surface area contributed by atoms with E-state index in [9.17, 15) is 18.7 Å². The number of aliphatic hydroxyl groups is 1. The van der Waals surface area contributed by atoms with Gasteiger partial charge in [0.1, 0.15) is 0 Å². The van der Waals surface area contributed by atoms with Crippen LogP contribution in [-0.2, 0) is 26.6 Å². The second kappa shape index (κ2) is 5.49. The van der Waals surface area contributed by atoms with E-state index in [1.54, 1.807) is 16.6 Å². The summed E-state index contributed by atoms with van der Waals surface area (Å²) < 4.78 is 27.9. The molecule has 0 saturated heterocycles. The summed E-state index contributed by atoms with van der Waals surface area (Å²) in [5.41, 5.74) is 2.46. The first-order valence-electron chi connectivity index (χ1n) is 6.90. The van der Waals surface area contributed by atoms with Crippen LogP contribution >= 0.6 is 0 Å². The van der Waals surface area contributed by atoms with E-state index in [-0.39, 0.29) is 18.1 Å². The van der Waals surface area contributed by atoms with E-state index in [1.807, 2.05) is 0 Å². The van der Waals surface area contributed by atoms with E-state index in [0.29, 0.717) is 25.2 Å². The van der Waals surface area contributed by atoms with Crippen LogP contribution in [0.25, 0.3) is 0 Å². The second-order valence-electron chi connectivity index (χ2n) is 5.26. The number of hydrogen-bond donors (Lipinski definition) is 1. The van der Waals surface area contributed by atoms with Gasteiger partial charge in [-0.3, -0.25) is 9.48 Å². The monoisotopic (exact) mass is 307 g/mol. The lowest BCUT2D eigenvalue weighted by molar-refractivity contribution is 0.0731. The number of aliphatic hydroxyl groups excluding tert-OH is 1. The average molecular weight is 307 g/mol. The van der Waals surface area contributed by atoms with Gasteiger partial charge >= 0.3 is 0 Å². The van der Waals surface area contributed by atoms with Crippen molar-refractivity contribution in [2.24, 2.45) is 7.05 Å². The van der Waals surface area contributed by atoms with Crippen molar-refractivity contribution >= 4 is 5.91 Å². The number of benzene rings is 1. The number of aromatic nitrogens is 2. The molecule has 0 spiro atoms. The van der Waals surface area contributed by atoms with Crippen LogP contribution in [0, 0.1) is 11.6 Å². The number of halogens is 2. The molecule has 0 aliphatic carbocycles. The van der Waals surface area contributed by atoms with E-state index in [0.717, 1.165) is 23.4 Å². The molecule has 116 valence electrons. The molecule has 1 N–H and O–H groups in total. The summed E-state index contributed by atoms with van der Waals surface area (Å²) in [6.07, 6.45) is 0.605. The van der Waals surface area contributed by atoms with Crippen molar-refractivity contribution < 1.29 is 18.7 Å². The van der Waals surface area contributed by atoms with Crippen molar-refractivity contribution in [3.05, 3.63) is 52.3 Å². The number of rotatable bonds is 2. The molecule has 3 rings (SSSR count). The number of fused-ring (bicyclic) bond motifs is 1. The summed E-state index contributed by atoms with van der Waals surface area (Å²) in [7, 11) is 1.80. The van der Waals surface area contributed by atoms with Gasteiger partial charge in [0.2, 0.25) is 0 Å². The summed E-state index contributed by atoms with van der Waals surface area (Å²) in [4.78, 5) is 14.0. The van der Waals surface area contributed by atoms with Gasteiger partial charge in [-0.1, -0.05) is 0 Å². The number of carbonyl (C=O) groups is 1. The minimum Gasteiger partial charge on any atom is -0.390 e. The summed E-state index contributed by atoms with van der Waals surface area (Å²) in [6, 6.07) is 3.12. The third-order valence-electron chi connectivity index (χ3n) is 3.93. The third-order valence-corrected chi connectivity index (χ3v) is 3.93. The lowest BCUT2D eigenvalue weighted by Gasteiger charge is -2.27. The van der Waals surface area contributed by atoms with Gasteiger partial charge in [0, 0.05) is 43.4 Å². The molecule has 1 amide bonds. The molecule has 1 aromatic heterocycles. The highest BCUT2D eigenvalue weighted by Gasteiger charge is 2.27. The van der Waals surface area contributed by atoms with Crippen LogP contribution < -0.4 is 0 Å². The van der Waals surface area contributed by atoms with Gasteiger partial charge in [-0.25, -0.2) is 8.78 Å². The first-order valence-corrected chi connectivity index (χ1v) is 6.90. The molecule has 2 aromatic rings. The van der Waals surface area contributed by atoms with Crippen LogP contribution in [0.2, 0.25) is 0 Å². The van der Waals surface area contributed by atoms with Crippen molar-refractivity contribution in [2.45, 2.75) is 19.6 Å². The average Bonchev–Trinajstić information content (AvgIpc) is 2.85. The Morgan fingerprint density at radius 3 is 2.82 bits per heavy atom. The fraction of sp³-hybridized carbons (Fsp3) is 0.333. The van der Waals surface area contributed by atoms with Crippen molar-refractivity contribution in [2.75, 3.05) is 6.54 Å². The Bertz CT molecular complexity index is 743. The number of nitrogens with zero attached hydrogens (tertiary/aromatic N) is 3. The largest absolute Gasteiger partial charge is 0.390 e. The summed E-state index contributed by atoms with van der Waals surface area (Å²) in [5, 5.41) is 13.6. The molecule has 22 heavy (non-hydrogen) atoms. The molecule has 0 bridgehead atoms. The van der Waals surface area contributed by atoms with Gasteiger partial charge in [-0.05, 0) is 18.2 Å². The fourth-order valence-corrected chi connectivity index (χ4v) is 2.78. The van der Waals surface area contributed by atoms with E-state index >= 15 is 0 Å². The molecule has 0 saturated carbocycles. The lowest BCUT2D eigenvalue weighted by atomic mass is 10.0. The van der Waals surface area contributed by atoms with Crippen LogP contribution in [0.4, 0.5) is 8.78 Å². The van der Waals surface area contributed by atoms with E-state index in [2.05, 4.69) is 5.10 Å². The molecule has 1 aromatic carbocycles. The normalized spacial score (nSPS) is 14.1. The maximum atomic E-state index is 13.3. The lowest BCUT2D eigenvalue weighted by Crippen LogP contribution is -2.36. The van der Waals surface area contributed by atoms with Crippen molar-refractivity contribution in [3.8, 4) is 0 Å². The highest BCUT2D eigenvalue weighted by atomic mass is 19.2. The zero-order chi connectivity index (χ0) is 15.9. The maximum Gasteiger partial charge on any atom is 0.254 e. The highest BCUT2D eigenvalue weighted by Crippen LogP contribution is 2.23. The molecule has 5 nitrogen and oxygen atoms in total. The first kappa shape index (κ1) is 14.6. The fourth-order valence-electron chi connectivity index (χ4n) is 2.78. The standard InChI is InChI=1S/C15H15F2N3O2/c1-19-14-4-5-20(7-10(14)13(8-21)18-19)15(22)9-2-3-11(16)12(17)6-9/h2-3,6,21H,4-5,7-8H2,1H3. The molecule has 7 heteroatoms. The van der Waals surface area contributed by atoms with Crippen molar-refractivity contribution in [1.82, 2.24) is 14.7 Å². The topological polar surface area (TPSA) is 58.4 Å². The highest BCUT2D eigenvalue weighted by molar-refractivity contribution is 5.94. The zero-order valence-electron chi connectivity index (χ0n) is 12.0. The van der Waals surface area contributed by atoms with Gasteiger partial charge in [-0.2, -0.15) is 5.10 Å². The number of amides is 1. The molecular formula is C15H15F2N3O2. The molecule has 0 fully saturated rings. The third kappa shape index (κ3) is 2.37. The minimum atomic E-state index is -1.04. The minimum absolute atomic E-state index is 0.108. The van der Waals surface area contributed by atoms with E-state index < -0.39 is 11.6 Å². The second-order valence-corrected chi connectivity index (χ2v) is 5.26. The van der Waals surface area contributed by atoms with Gasteiger partial charge in [0.25, 0.3) is 5.91 Å². The molecule has 2 heterocycles. The Hall–Kier alpha value is -2.28. The molecule has 1 aliphatic heterocycles. The van der Waals surface area contributed by atoms with Crippen LogP contribution in [0.1, 0.15) is 27.3 Å². The Kier molecular flexibility index (Phi) is 3.66. The van der Waals surface area contributed by atoms with Gasteiger partial charge in [-0.15, -0.1) is 0 Å². The van der Waals surface area contributed by atoms with Crippen molar-refractivity contribution in [3.63, 3.8) is 0 Å². The summed E-state index contributed by atoms with van der Waals surface area (Å²) in [5.74, 6) is -2.38. The van der Waals surface area contributed by atoms with E-state index in [1.165, 1.54) is 6.07 Å². The number of hydrogen-bond acceptors (Lipinski definition) is 3. The molecular weight excluding hydrogens is 292 g/mol. The quantitative estimate of drug-likeness (QED) is 0.912. The van der Waals surface area contributed by atoms with Crippen LogP contribution in [0.5, 0.6) is 0 Å². The first-order chi connectivity index (χ1) is 10.5. The Morgan fingerprint density at radius 1 is 1.36 bits per heavy atom.